The molecule has 5 rings (SSSR count). The van der Waals surface area contributed by atoms with Crippen molar-refractivity contribution in [3.8, 4) is 0 Å². The predicted molar refractivity (Wildman–Crippen MR) is 136 cm³/mol. The van der Waals surface area contributed by atoms with Crippen LogP contribution in [0.5, 0.6) is 0 Å². The fourth-order valence-electron chi connectivity index (χ4n) is 4.49. The summed E-state index contributed by atoms with van der Waals surface area (Å²) in [6, 6.07) is 9.30. The smallest absolute Gasteiger partial charge is 0.269 e. The van der Waals surface area contributed by atoms with Gasteiger partial charge in [0, 0.05) is 42.6 Å². The zero-order valence-corrected chi connectivity index (χ0v) is 20.0. The molecule has 0 fully saturated rings. The highest BCUT2D eigenvalue weighted by molar-refractivity contribution is 6.31. The van der Waals surface area contributed by atoms with Gasteiger partial charge in [-0.05, 0) is 54.8 Å². The molecule has 4 heterocycles. The van der Waals surface area contributed by atoms with Crippen LogP contribution < -0.4 is 11.1 Å². The number of carbonyl (C=O) groups excluding carboxylic acids is 2. The number of nitrogens with one attached hydrogen (secondary N) is 1. The van der Waals surface area contributed by atoms with Crippen molar-refractivity contribution in [3.63, 3.8) is 0 Å². The van der Waals surface area contributed by atoms with E-state index < -0.39 is 0 Å². The van der Waals surface area contributed by atoms with Gasteiger partial charge in [-0.3, -0.25) is 14.6 Å². The van der Waals surface area contributed by atoms with Gasteiger partial charge < -0.3 is 16.0 Å². The molecule has 176 valence electrons. The Balaban J connectivity index is 1.40. The van der Waals surface area contributed by atoms with E-state index in [-0.39, 0.29) is 17.9 Å². The van der Waals surface area contributed by atoms with Crippen LogP contribution >= 0.6 is 11.6 Å². The van der Waals surface area contributed by atoms with Gasteiger partial charge in [-0.25, -0.2) is 9.98 Å². The molecular formula is C26H23ClN6O2. The summed E-state index contributed by atoms with van der Waals surface area (Å²) in [6.45, 7) is 4.60. The number of anilines is 1. The highest BCUT2D eigenvalue weighted by Crippen LogP contribution is 2.27. The number of hydrogen-bond acceptors (Lipinski definition) is 6. The average molecular weight is 487 g/mol. The molecule has 2 aliphatic heterocycles. The number of aromatic nitrogens is 2. The van der Waals surface area contributed by atoms with E-state index >= 15 is 0 Å². The number of benzene rings is 1. The minimum atomic E-state index is -0.377. The Hall–Kier alpha value is -4.04. The summed E-state index contributed by atoms with van der Waals surface area (Å²) in [5.74, 6) is -0.234. The van der Waals surface area contributed by atoms with Crippen molar-refractivity contribution >= 4 is 45.8 Å². The first-order valence-electron chi connectivity index (χ1n) is 11.1. The van der Waals surface area contributed by atoms with Crippen LogP contribution in [-0.2, 0) is 22.7 Å². The molecule has 1 unspecified atom stereocenters. The molecule has 3 aromatic rings. The second-order valence-electron chi connectivity index (χ2n) is 8.65. The number of aryl methyl sites for hydroxylation is 2. The highest BCUT2D eigenvalue weighted by atomic mass is 35.5. The van der Waals surface area contributed by atoms with Crippen molar-refractivity contribution in [2.45, 2.75) is 33.0 Å². The Morgan fingerprint density at radius 2 is 2.06 bits per heavy atom. The predicted octanol–water partition coefficient (Wildman–Crippen LogP) is 3.40. The van der Waals surface area contributed by atoms with Crippen molar-refractivity contribution in [1.82, 2.24) is 20.2 Å². The maximum absolute atomic E-state index is 13.2. The molecule has 0 saturated carbocycles. The van der Waals surface area contributed by atoms with Crippen molar-refractivity contribution < 1.29 is 9.59 Å². The van der Waals surface area contributed by atoms with Crippen LogP contribution in [0.2, 0.25) is 5.02 Å². The van der Waals surface area contributed by atoms with Crippen molar-refractivity contribution in [2.24, 2.45) is 4.99 Å². The SMILES string of the molecule is Cc1cc(N)nc(C)c1CNC(=O)C1=CN(Cc2ccc3ncc(Cl)cc3c2)C2C=CC(=O)N=C12. The van der Waals surface area contributed by atoms with Crippen LogP contribution in [0.25, 0.3) is 10.9 Å². The molecule has 0 bridgehead atoms. The molecule has 1 atom stereocenters. The summed E-state index contributed by atoms with van der Waals surface area (Å²) in [7, 11) is 0. The maximum Gasteiger partial charge on any atom is 0.269 e. The van der Waals surface area contributed by atoms with Gasteiger partial charge in [0.15, 0.2) is 0 Å². The number of nitrogens with two attached hydrogens (primary N) is 1. The lowest BCUT2D eigenvalue weighted by Gasteiger charge is -2.24. The summed E-state index contributed by atoms with van der Waals surface area (Å²) < 4.78 is 0. The Kier molecular flexibility index (Phi) is 5.82. The van der Waals surface area contributed by atoms with E-state index in [0.717, 1.165) is 33.3 Å². The van der Waals surface area contributed by atoms with Crippen LogP contribution in [0.3, 0.4) is 0 Å². The van der Waals surface area contributed by atoms with E-state index in [1.54, 1.807) is 24.5 Å². The summed E-state index contributed by atoms with van der Waals surface area (Å²) in [5, 5.41) is 4.45. The van der Waals surface area contributed by atoms with Crippen LogP contribution in [-0.4, -0.2) is 38.4 Å². The topological polar surface area (TPSA) is 114 Å². The molecule has 35 heavy (non-hydrogen) atoms. The van der Waals surface area contributed by atoms with Gasteiger partial charge in [0.25, 0.3) is 11.8 Å². The van der Waals surface area contributed by atoms with Crippen LogP contribution in [0.15, 0.2) is 65.4 Å². The Morgan fingerprint density at radius 3 is 2.86 bits per heavy atom. The number of dihydropyridines is 1. The van der Waals surface area contributed by atoms with E-state index in [9.17, 15) is 9.59 Å². The lowest BCUT2D eigenvalue weighted by Crippen LogP contribution is -2.35. The number of pyridine rings is 2. The minimum Gasteiger partial charge on any atom is -0.384 e. The zero-order chi connectivity index (χ0) is 24.7. The largest absolute Gasteiger partial charge is 0.384 e. The van der Waals surface area contributed by atoms with Crippen LogP contribution in [0, 0.1) is 13.8 Å². The molecule has 3 N–H and O–H groups in total. The first-order valence-corrected chi connectivity index (χ1v) is 11.5. The van der Waals surface area contributed by atoms with Crippen LogP contribution in [0.4, 0.5) is 5.82 Å². The van der Waals surface area contributed by atoms with E-state index in [1.165, 1.54) is 6.08 Å². The number of nitrogens with zero attached hydrogens (tertiary/aromatic N) is 4. The highest BCUT2D eigenvalue weighted by Gasteiger charge is 2.35. The summed E-state index contributed by atoms with van der Waals surface area (Å²) >= 11 is 6.11. The number of amides is 2. The van der Waals surface area contributed by atoms with E-state index in [0.29, 0.717) is 35.2 Å². The molecule has 8 nitrogen and oxygen atoms in total. The Morgan fingerprint density at radius 1 is 1.23 bits per heavy atom. The van der Waals surface area contributed by atoms with Gasteiger partial charge >= 0.3 is 0 Å². The van der Waals surface area contributed by atoms with Crippen molar-refractivity contribution in [2.75, 3.05) is 5.73 Å². The average Bonchev–Trinajstić information content (AvgIpc) is 3.15. The standard InChI is InChI=1S/C26H23ClN6O2/c1-14-7-23(28)31-15(2)19(14)11-30-26(35)20-13-33(22-5-6-24(34)32-25(20)22)12-16-3-4-21-17(8-16)9-18(27)10-29-21/h3-10,13,22H,11-12H2,1-2H3,(H2,28,31)(H,30,35). The van der Waals surface area contributed by atoms with Gasteiger partial charge in [-0.2, -0.15) is 0 Å². The summed E-state index contributed by atoms with van der Waals surface area (Å²) in [5.41, 5.74) is 11.1. The monoisotopic (exact) mass is 486 g/mol. The number of hydrogen-bond donors (Lipinski definition) is 2. The Bertz CT molecular complexity index is 1450. The fourth-order valence-corrected chi connectivity index (χ4v) is 4.65. The Labute approximate surface area is 207 Å². The van der Waals surface area contributed by atoms with Gasteiger partial charge in [0.2, 0.25) is 0 Å². The number of carbonyl (C=O) groups is 2. The fraction of sp³-hybridized carbons (Fsp3) is 0.192. The molecule has 0 saturated heterocycles. The molecular weight excluding hydrogens is 464 g/mol. The van der Waals surface area contributed by atoms with Crippen molar-refractivity contribution in [3.05, 3.63) is 87.9 Å². The van der Waals surface area contributed by atoms with Gasteiger partial charge in [-0.15, -0.1) is 0 Å². The molecule has 2 aromatic heterocycles. The number of rotatable bonds is 5. The molecule has 0 radical (unpaired) electrons. The molecule has 0 aliphatic carbocycles. The molecule has 0 spiro atoms. The number of aliphatic imine (C=N–C) groups is 1. The summed E-state index contributed by atoms with van der Waals surface area (Å²) in [6.07, 6.45) is 6.60. The van der Waals surface area contributed by atoms with Gasteiger partial charge in [0.1, 0.15) is 5.82 Å². The zero-order valence-electron chi connectivity index (χ0n) is 19.2. The molecule has 2 amide bonds. The molecule has 9 heteroatoms. The first kappa shape index (κ1) is 22.7. The molecule has 2 aliphatic rings. The van der Waals surface area contributed by atoms with E-state index in [1.807, 2.05) is 43.0 Å². The quantitative estimate of drug-likeness (QED) is 0.571. The second kappa shape index (κ2) is 8.96. The van der Waals surface area contributed by atoms with Gasteiger partial charge in [-0.1, -0.05) is 23.7 Å². The lowest BCUT2D eigenvalue weighted by molar-refractivity contribution is -0.117. The number of fused-ring (bicyclic) bond motifs is 2. The van der Waals surface area contributed by atoms with Crippen LogP contribution in [0.1, 0.15) is 22.4 Å². The second-order valence-corrected chi connectivity index (χ2v) is 9.08. The first-order chi connectivity index (χ1) is 16.8. The third kappa shape index (κ3) is 4.52. The third-order valence-electron chi connectivity index (χ3n) is 6.18. The maximum atomic E-state index is 13.2. The number of halogens is 1. The van der Waals surface area contributed by atoms with Gasteiger partial charge in [0.05, 0.1) is 27.9 Å². The minimum absolute atomic E-state index is 0.293. The molecule has 1 aromatic carbocycles. The number of nitrogen functional groups attached to an aromatic ring is 1. The summed E-state index contributed by atoms with van der Waals surface area (Å²) in [4.78, 5) is 40.0. The van der Waals surface area contributed by atoms with E-state index in [4.69, 9.17) is 17.3 Å². The normalized spacial score (nSPS) is 16.8. The van der Waals surface area contributed by atoms with E-state index in [2.05, 4.69) is 20.3 Å². The lowest BCUT2D eigenvalue weighted by atomic mass is 10.0. The van der Waals surface area contributed by atoms with Crippen molar-refractivity contribution in [1.29, 1.82) is 0 Å². The third-order valence-corrected chi connectivity index (χ3v) is 6.39.